The molecule has 0 aromatic heterocycles. The summed E-state index contributed by atoms with van der Waals surface area (Å²) in [6.07, 6.45) is 1.25. The fourth-order valence-corrected chi connectivity index (χ4v) is 4.72. The number of nitrogens with one attached hydrogen (secondary N) is 1. The third kappa shape index (κ3) is 5.02. The first-order valence-electron chi connectivity index (χ1n) is 7.88. The van der Waals surface area contributed by atoms with Crippen LogP contribution in [-0.4, -0.2) is 37.8 Å². The van der Waals surface area contributed by atoms with Crippen LogP contribution in [0.5, 0.6) is 0 Å². The smallest absolute Gasteiger partial charge is 0.280 e. The number of hydrogen-bond acceptors (Lipinski definition) is 3. The highest BCUT2D eigenvalue weighted by molar-refractivity contribution is 7.87. The first-order valence-corrected chi connectivity index (χ1v) is 9.32. The van der Waals surface area contributed by atoms with Gasteiger partial charge >= 0.3 is 0 Å². The van der Waals surface area contributed by atoms with Gasteiger partial charge in [0.1, 0.15) is 6.04 Å². The van der Waals surface area contributed by atoms with E-state index in [2.05, 4.69) is 4.72 Å². The summed E-state index contributed by atoms with van der Waals surface area (Å²) in [7, 11) is -3.73. The number of nitrogens with zero attached hydrogens (tertiary/aromatic N) is 1. The van der Waals surface area contributed by atoms with Crippen molar-refractivity contribution in [3.63, 3.8) is 0 Å². The maximum atomic E-state index is 12.6. The average Bonchev–Trinajstić information content (AvgIpc) is 2.46. The Morgan fingerprint density at radius 2 is 1.83 bits per heavy atom. The van der Waals surface area contributed by atoms with Gasteiger partial charge in [0.2, 0.25) is 5.91 Å². The van der Waals surface area contributed by atoms with Crippen LogP contribution in [-0.2, 0) is 21.4 Å². The van der Waals surface area contributed by atoms with Crippen LogP contribution in [0.4, 0.5) is 0 Å². The summed E-state index contributed by atoms with van der Waals surface area (Å²) in [5, 5.41) is 0. The van der Waals surface area contributed by atoms with E-state index in [4.69, 9.17) is 5.73 Å². The second-order valence-corrected chi connectivity index (χ2v) is 8.23. The molecule has 1 aromatic carbocycles. The van der Waals surface area contributed by atoms with Crippen molar-refractivity contribution in [2.45, 2.75) is 32.7 Å². The lowest BCUT2D eigenvalue weighted by Crippen LogP contribution is -2.54. The third-order valence-corrected chi connectivity index (χ3v) is 5.65. The molecule has 3 atom stereocenters. The number of amides is 1. The lowest BCUT2D eigenvalue weighted by Gasteiger charge is -2.34. The number of benzene rings is 1. The molecule has 1 aromatic rings. The van der Waals surface area contributed by atoms with Gasteiger partial charge in [0.15, 0.2) is 0 Å². The molecule has 1 fully saturated rings. The monoisotopic (exact) mass is 339 g/mol. The zero-order chi connectivity index (χ0) is 17.0. The maximum Gasteiger partial charge on any atom is 0.280 e. The van der Waals surface area contributed by atoms with Gasteiger partial charge in [0, 0.05) is 13.1 Å². The summed E-state index contributed by atoms with van der Waals surface area (Å²) in [5.41, 5.74) is 6.25. The summed E-state index contributed by atoms with van der Waals surface area (Å²) in [6.45, 7) is 5.01. The van der Waals surface area contributed by atoms with E-state index in [1.54, 1.807) is 0 Å². The molecule has 128 valence electrons. The number of carbonyl (C=O) groups excluding carboxylic acids is 1. The van der Waals surface area contributed by atoms with E-state index in [1.165, 1.54) is 4.31 Å². The van der Waals surface area contributed by atoms with Crippen molar-refractivity contribution in [3.05, 3.63) is 35.9 Å². The molecular formula is C16H25N3O3S. The van der Waals surface area contributed by atoms with Gasteiger partial charge in [-0.3, -0.25) is 4.79 Å². The molecule has 0 saturated carbocycles. The Balaban J connectivity index is 2.10. The molecular weight excluding hydrogens is 314 g/mol. The van der Waals surface area contributed by atoms with E-state index in [9.17, 15) is 13.2 Å². The van der Waals surface area contributed by atoms with Crippen molar-refractivity contribution in [1.82, 2.24) is 9.03 Å². The fourth-order valence-electron chi connectivity index (χ4n) is 3.11. The van der Waals surface area contributed by atoms with Gasteiger partial charge in [-0.25, -0.2) is 0 Å². The van der Waals surface area contributed by atoms with E-state index in [1.807, 2.05) is 44.2 Å². The zero-order valence-electron chi connectivity index (χ0n) is 13.6. The minimum absolute atomic E-state index is 0.244. The summed E-state index contributed by atoms with van der Waals surface area (Å²) >= 11 is 0. The quantitative estimate of drug-likeness (QED) is 0.806. The van der Waals surface area contributed by atoms with E-state index >= 15 is 0 Å². The van der Waals surface area contributed by atoms with Crippen LogP contribution in [0, 0.1) is 11.8 Å². The second kappa shape index (κ2) is 7.42. The molecule has 7 heteroatoms. The lowest BCUT2D eigenvalue weighted by molar-refractivity contribution is -0.119. The van der Waals surface area contributed by atoms with Crippen LogP contribution < -0.4 is 10.5 Å². The molecule has 3 unspecified atom stereocenters. The van der Waals surface area contributed by atoms with Crippen LogP contribution >= 0.6 is 0 Å². The molecule has 1 aliphatic heterocycles. The average molecular weight is 339 g/mol. The molecule has 6 nitrogen and oxygen atoms in total. The first-order chi connectivity index (χ1) is 10.8. The number of primary amides is 1. The molecule has 1 aliphatic rings. The van der Waals surface area contributed by atoms with E-state index < -0.39 is 22.2 Å². The van der Waals surface area contributed by atoms with Crippen LogP contribution in [0.15, 0.2) is 30.3 Å². The van der Waals surface area contributed by atoms with Crippen LogP contribution in [0.2, 0.25) is 0 Å². The summed E-state index contributed by atoms with van der Waals surface area (Å²) in [4.78, 5) is 11.7. The van der Waals surface area contributed by atoms with Gasteiger partial charge in [-0.2, -0.15) is 17.4 Å². The predicted molar refractivity (Wildman–Crippen MR) is 89.7 cm³/mol. The highest BCUT2D eigenvalue weighted by Gasteiger charge is 2.33. The molecule has 0 spiro atoms. The van der Waals surface area contributed by atoms with Crippen LogP contribution in [0.25, 0.3) is 0 Å². The highest BCUT2D eigenvalue weighted by Crippen LogP contribution is 2.22. The number of carbonyl (C=O) groups is 1. The van der Waals surface area contributed by atoms with Crippen LogP contribution in [0.1, 0.15) is 25.8 Å². The van der Waals surface area contributed by atoms with Crippen molar-refractivity contribution in [1.29, 1.82) is 0 Å². The number of piperidine rings is 1. The van der Waals surface area contributed by atoms with Crippen molar-refractivity contribution >= 4 is 16.1 Å². The maximum absolute atomic E-state index is 12.6. The molecule has 1 saturated heterocycles. The second-order valence-electron chi connectivity index (χ2n) is 6.53. The summed E-state index contributed by atoms with van der Waals surface area (Å²) < 4.78 is 29.1. The Hall–Kier alpha value is -1.44. The Bertz CT molecular complexity index is 623. The highest BCUT2D eigenvalue weighted by atomic mass is 32.2. The van der Waals surface area contributed by atoms with Crippen molar-refractivity contribution in [3.8, 4) is 0 Å². The van der Waals surface area contributed by atoms with Gasteiger partial charge in [-0.05, 0) is 30.2 Å². The Morgan fingerprint density at radius 1 is 1.26 bits per heavy atom. The molecule has 0 radical (unpaired) electrons. The Labute approximate surface area is 138 Å². The largest absolute Gasteiger partial charge is 0.368 e. The molecule has 1 amide bonds. The molecule has 0 bridgehead atoms. The van der Waals surface area contributed by atoms with Crippen molar-refractivity contribution in [2.75, 3.05) is 13.1 Å². The lowest BCUT2D eigenvalue weighted by atomic mass is 9.94. The minimum atomic E-state index is -3.73. The van der Waals surface area contributed by atoms with Gasteiger partial charge in [0.05, 0.1) is 0 Å². The van der Waals surface area contributed by atoms with Gasteiger partial charge in [0.25, 0.3) is 10.2 Å². The molecule has 2 rings (SSSR count). The normalized spacial score (nSPS) is 24.3. The van der Waals surface area contributed by atoms with Crippen LogP contribution in [0.3, 0.4) is 0 Å². The van der Waals surface area contributed by atoms with Gasteiger partial charge < -0.3 is 5.73 Å². The number of nitrogens with two attached hydrogens (primary N) is 1. The minimum Gasteiger partial charge on any atom is -0.368 e. The molecule has 3 N–H and O–H groups in total. The Kier molecular flexibility index (Phi) is 5.78. The van der Waals surface area contributed by atoms with Gasteiger partial charge in [-0.1, -0.05) is 44.2 Å². The van der Waals surface area contributed by atoms with Crippen molar-refractivity contribution < 1.29 is 13.2 Å². The van der Waals surface area contributed by atoms with Gasteiger partial charge in [-0.15, -0.1) is 0 Å². The number of hydrogen-bond donors (Lipinski definition) is 2. The van der Waals surface area contributed by atoms with Crippen molar-refractivity contribution in [2.24, 2.45) is 17.6 Å². The molecule has 1 heterocycles. The Morgan fingerprint density at radius 3 is 2.35 bits per heavy atom. The molecule has 23 heavy (non-hydrogen) atoms. The van der Waals surface area contributed by atoms with E-state index in [0.29, 0.717) is 24.9 Å². The first kappa shape index (κ1) is 17.9. The summed E-state index contributed by atoms with van der Waals surface area (Å²) in [5.74, 6) is -0.0662. The fraction of sp³-hybridized carbons (Fsp3) is 0.562. The zero-order valence-corrected chi connectivity index (χ0v) is 14.4. The van der Waals surface area contributed by atoms with E-state index in [-0.39, 0.29) is 6.42 Å². The van der Waals surface area contributed by atoms with E-state index in [0.717, 1.165) is 12.0 Å². The summed E-state index contributed by atoms with van der Waals surface area (Å²) in [6, 6.07) is 8.29. The topological polar surface area (TPSA) is 92.5 Å². The SMILES string of the molecule is CC1CC(C)CN(S(=O)(=O)NC(Cc2ccccc2)C(N)=O)C1. The number of rotatable bonds is 6. The molecule has 0 aliphatic carbocycles. The standard InChI is InChI=1S/C16H25N3O3S/c1-12-8-13(2)11-19(10-12)23(21,22)18-15(16(17)20)9-14-6-4-3-5-7-14/h3-7,12-13,15,18H,8-11H2,1-2H3,(H2,17,20). The predicted octanol–water partition coefficient (Wildman–Crippen LogP) is 0.895. The third-order valence-electron chi connectivity index (χ3n) is 4.09.